The summed E-state index contributed by atoms with van der Waals surface area (Å²) in [5.41, 5.74) is 17.1. The Hall–Kier alpha value is -12.2. The number of halogens is 2. The molecule has 0 bridgehead atoms. The molecule has 0 atom stereocenters. The Bertz CT molecular complexity index is 5150. The second kappa shape index (κ2) is 22.8. The maximum Gasteiger partial charge on any atom is 0.174 e. The molecule has 0 aliphatic heterocycles. The number of aromatic nitrogens is 2. The van der Waals surface area contributed by atoms with Gasteiger partial charge in [-0.05, 0) is 157 Å². The predicted octanol–water partition coefficient (Wildman–Crippen LogP) is 23.2. The molecule has 0 N–H and O–H groups in total. The molecule has 2 heterocycles. The molecule has 0 aliphatic carbocycles. The molecule has 0 radical (unpaired) electrons. The Kier molecular flexibility index (Phi) is 13.6. The highest BCUT2D eigenvalue weighted by Crippen LogP contribution is 2.52. The molecule has 4 nitrogen and oxygen atoms in total. The number of hydrogen-bond donors (Lipinski definition) is 0. The van der Waals surface area contributed by atoms with Crippen LogP contribution >= 0.6 is 0 Å². The van der Waals surface area contributed by atoms with Crippen LogP contribution < -0.4 is 4.90 Å². The highest BCUT2D eigenvalue weighted by Gasteiger charge is 2.35. The predicted molar refractivity (Wildman–Crippen MR) is 372 cm³/mol. The van der Waals surface area contributed by atoms with Gasteiger partial charge in [0.05, 0.1) is 45.1 Å². The Balaban J connectivity index is 1.08. The van der Waals surface area contributed by atoms with Crippen molar-refractivity contribution < 1.29 is 8.78 Å². The quantitative estimate of drug-likeness (QED) is 0.122. The van der Waals surface area contributed by atoms with Gasteiger partial charge >= 0.3 is 0 Å². The third kappa shape index (κ3) is 9.61. The fourth-order valence-corrected chi connectivity index (χ4v) is 13.3. The second-order valence-corrected chi connectivity index (χ2v) is 23.0. The summed E-state index contributed by atoms with van der Waals surface area (Å²) in [7, 11) is 0. The smallest absolute Gasteiger partial charge is 0.174 e. The summed E-state index contributed by atoms with van der Waals surface area (Å²) >= 11 is 0. The zero-order valence-electron chi connectivity index (χ0n) is 49.2. The van der Waals surface area contributed by atoms with E-state index in [0.717, 1.165) is 88.3 Å². The van der Waals surface area contributed by atoms with Crippen molar-refractivity contribution in [3.8, 4) is 95.3 Å². The molecule has 16 rings (SSSR count). The van der Waals surface area contributed by atoms with Crippen LogP contribution in [0.4, 0.5) is 25.8 Å². The van der Waals surface area contributed by atoms with Gasteiger partial charge in [0.1, 0.15) is 5.69 Å². The summed E-state index contributed by atoms with van der Waals surface area (Å²) in [4.78, 5) is 1.95. The van der Waals surface area contributed by atoms with Gasteiger partial charge in [-0.3, -0.25) is 0 Å². The summed E-state index contributed by atoms with van der Waals surface area (Å²) in [5, 5.41) is 13.8. The number of fused-ring (bicyclic) bond motifs is 6. The van der Waals surface area contributed by atoms with Crippen LogP contribution in [0.15, 0.2) is 328 Å². The highest BCUT2D eigenvalue weighted by molar-refractivity contribution is 6.15. The van der Waals surface area contributed by atoms with E-state index in [9.17, 15) is 5.26 Å². The van der Waals surface area contributed by atoms with Gasteiger partial charge in [0.25, 0.3) is 0 Å². The van der Waals surface area contributed by atoms with E-state index in [-0.39, 0.29) is 22.6 Å². The van der Waals surface area contributed by atoms with E-state index in [4.69, 9.17) is 0 Å². The molecule has 0 aliphatic rings. The van der Waals surface area contributed by atoms with Crippen LogP contribution in [0.3, 0.4) is 0 Å². The molecule has 0 saturated carbocycles. The third-order valence-electron chi connectivity index (χ3n) is 17.7. The van der Waals surface area contributed by atoms with Gasteiger partial charge in [0.15, 0.2) is 11.6 Å². The number of nitrogens with zero attached hydrogens (tertiary/aromatic N) is 4. The van der Waals surface area contributed by atoms with Crippen molar-refractivity contribution in [2.75, 3.05) is 4.90 Å². The average Bonchev–Trinajstić information content (AvgIpc) is 1.64. The lowest BCUT2D eigenvalue weighted by atomic mass is 9.95. The van der Waals surface area contributed by atoms with Gasteiger partial charge in [-0.2, -0.15) is 5.26 Å². The Morgan fingerprint density at radius 1 is 0.264 bits per heavy atom. The van der Waals surface area contributed by atoms with Gasteiger partial charge in [0, 0.05) is 38.5 Å². The van der Waals surface area contributed by atoms with Crippen molar-refractivity contribution in [2.45, 2.75) is 0 Å². The van der Waals surface area contributed by atoms with E-state index in [1.54, 1.807) is 16.7 Å². The first kappa shape index (κ1) is 54.2. The van der Waals surface area contributed by atoms with Crippen molar-refractivity contribution in [2.24, 2.45) is 0 Å². The molecule has 14 aromatic carbocycles. The number of benzene rings is 14. The third-order valence-corrected chi connectivity index (χ3v) is 17.7. The summed E-state index contributed by atoms with van der Waals surface area (Å²) in [5.74, 6) is -1.58. The van der Waals surface area contributed by atoms with Crippen molar-refractivity contribution in [3.63, 3.8) is 0 Å². The SMILES string of the molecule is N#Cc1ccc(-c2c(N(c3ccc(-c4ccccc4)cc3)c3ccc(-c4ccccc4)cc3)c(F)c(-n3c4ccc(-c5ccccc5)cc4c4cc(-c5ccccc5)ccc43)c(F)c2-n2c3ccc(-c4ccccc4)cc3c3cc(-c4ccccc4)ccc32)cc1. The van der Waals surface area contributed by atoms with E-state index in [1.165, 1.54) is 0 Å². The number of anilines is 3. The number of rotatable bonds is 12. The largest absolute Gasteiger partial charge is 0.307 e. The van der Waals surface area contributed by atoms with Crippen molar-refractivity contribution in [3.05, 3.63) is 345 Å². The van der Waals surface area contributed by atoms with Crippen molar-refractivity contribution in [1.29, 1.82) is 5.26 Å². The maximum absolute atomic E-state index is 20.6. The van der Waals surface area contributed by atoms with E-state index in [2.05, 4.69) is 152 Å². The van der Waals surface area contributed by atoms with Gasteiger partial charge in [-0.1, -0.05) is 243 Å². The van der Waals surface area contributed by atoms with Crippen LogP contribution in [0.2, 0.25) is 0 Å². The minimum absolute atomic E-state index is 0.102. The molecule has 2 aromatic heterocycles. The van der Waals surface area contributed by atoms with Crippen LogP contribution in [0.1, 0.15) is 5.56 Å². The maximum atomic E-state index is 20.6. The lowest BCUT2D eigenvalue weighted by Gasteiger charge is -2.32. The fourth-order valence-electron chi connectivity index (χ4n) is 13.3. The second-order valence-electron chi connectivity index (χ2n) is 23.0. The summed E-state index contributed by atoms with van der Waals surface area (Å²) in [6.07, 6.45) is 0. The molecule has 0 fully saturated rings. The Labute approximate surface area is 525 Å². The zero-order chi connectivity index (χ0) is 60.9. The van der Waals surface area contributed by atoms with Crippen LogP contribution in [-0.2, 0) is 0 Å². The van der Waals surface area contributed by atoms with E-state index in [1.807, 2.05) is 179 Å². The van der Waals surface area contributed by atoms with Crippen LogP contribution in [0, 0.1) is 23.0 Å². The molecule has 0 saturated heterocycles. The van der Waals surface area contributed by atoms with Gasteiger partial charge in [-0.15, -0.1) is 0 Å². The first-order valence-electron chi connectivity index (χ1n) is 30.5. The summed E-state index contributed by atoms with van der Waals surface area (Å²) in [6.45, 7) is 0. The van der Waals surface area contributed by atoms with Crippen molar-refractivity contribution in [1.82, 2.24) is 9.13 Å². The highest BCUT2D eigenvalue weighted by atomic mass is 19.1. The van der Waals surface area contributed by atoms with E-state index >= 15 is 8.78 Å². The monoisotopic (exact) mass is 1170 g/mol. The molecular weight excluding hydrogens is 1110 g/mol. The van der Waals surface area contributed by atoms with E-state index < -0.39 is 11.6 Å². The summed E-state index contributed by atoms with van der Waals surface area (Å²) < 4.78 is 45.0. The molecular formula is C85H54F2N4. The van der Waals surface area contributed by atoms with Gasteiger partial charge in [-0.25, -0.2) is 8.78 Å². The fraction of sp³-hybridized carbons (Fsp3) is 0. The number of nitriles is 1. The minimum Gasteiger partial charge on any atom is -0.307 e. The molecule has 0 unspecified atom stereocenters. The molecule has 0 spiro atoms. The Morgan fingerprint density at radius 3 is 0.835 bits per heavy atom. The lowest BCUT2D eigenvalue weighted by molar-refractivity contribution is 0.571. The first-order chi connectivity index (χ1) is 44.9. The average molecular weight is 1170 g/mol. The molecule has 0 amide bonds. The Morgan fingerprint density at radius 2 is 0.527 bits per heavy atom. The minimum atomic E-state index is -0.795. The van der Waals surface area contributed by atoms with Crippen LogP contribution in [-0.4, -0.2) is 9.13 Å². The zero-order valence-corrected chi connectivity index (χ0v) is 49.2. The number of hydrogen-bond acceptors (Lipinski definition) is 2. The molecule has 6 heteroatoms. The van der Waals surface area contributed by atoms with Gasteiger partial charge < -0.3 is 14.0 Å². The molecule has 91 heavy (non-hydrogen) atoms. The molecule has 16 aromatic rings. The van der Waals surface area contributed by atoms with Gasteiger partial charge in [0.2, 0.25) is 0 Å². The van der Waals surface area contributed by atoms with Crippen LogP contribution in [0.25, 0.3) is 133 Å². The first-order valence-corrected chi connectivity index (χ1v) is 30.5. The topological polar surface area (TPSA) is 36.9 Å². The normalized spacial score (nSPS) is 11.4. The van der Waals surface area contributed by atoms with E-state index in [0.29, 0.717) is 44.6 Å². The molecule has 428 valence electrons. The standard InChI is InChI=1S/C85H54F2N4/c86-81-83(89(70-43-35-63(36-44-70)57-19-7-1-8-20-57)71-45-37-64(38-46-71)58-21-9-2-10-22-58)80(65-33-31-56(55-88)32-34-65)84(90-76-47-39-66(59-23-11-3-12-24-59)51-72(76)73-52-67(40-48-77(73)90)60-25-13-4-14-26-60)82(87)85(81)91-78-49-41-68(61-27-15-5-16-28-61)53-74(78)75-54-69(42-50-79(75)91)62-29-17-6-18-30-62/h1-54H. The van der Waals surface area contributed by atoms with Crippen molar-refractivity contribution >= 4 is 60.7 Å². The summed E-state index contributed by atoms with van der Waals surface area (Å²) in [6, 6.07) is 112. The van der Waals surface area contributed by atoms with Crippen LogP contribution in [0.5, 0.6) is 0 Å². The lowest BCUT2D eigenvalue weighted by Crippen LogP contribution is -2.18.